The van der Waals surface area contributed by atoms with Crippen molar-refractivity contribution in [1.29, 1.82) is 0 Å². The van der Waals surface area contributed by atoms with Gasteiger partial charge in [0.1, 0.15) is 0 Å². The van der Waals surface area contributed by atoms with E-state index >= 15 is 0 Å². The van der Waals surface area contributed by atoms with Gasteiger partial charge in [-0.2, -0.15) is 0 Å². The van der Waals surface area contributed by atoms with Gasteiger partial charge in [0.15, 0.2) is 0 Å². The number of hydrogen-bond acceptors (Lipinski definition) is 1. The van der Waals surface area contributed by atoms with Crippen LogP contribution in [0.15, 0.2) is 170 Å². The maximum absolute atomic E-state index is 9.77. The maximum atomic E-state index is 9.77. The molecule has 0 atom stereocenters. The number of para-hydroxylation sites is 3. The van der Waals surface area contributed by atoms with Crippen molar-refractivity contribution in [3.63, 3.8) is 0 Å². The molecule has 0 saturated heterocycles. The van der Waals surface area contributed by atoms with E-state index in [1.54, 1.807) is 0 Å². The van der Waals surface area contributed by atoms with Crippen molar-refractivity contribution in [3.8, 4) is 27.9 Å². The van der Waals surface area contributed by atoms with Crippen LogP contribution in [0.25, 0.3) is 49.7 Å². The Morgan fingerprint density at radius 2 is 1.23 bits per heavy atom. The summed E-state index contributed by atoms with van der Waals surface area (Å²) in [5, 5.41) is 2.06. The van der Waals surface area contributed by atoms with Crippen LogP contribution in [0.4, 0.5) is 17.1 Å². The van der Waals surface area contributed by atoms with Crippen LogP contribution in [0.2, 0.25) is 0 Å². The highest BCUT2D eigenvalue weighted by atomic mass is 15.1. The summed E-state index contributed by atoms with van der Waals surface area (Å²) < 4.78 is 39.5. The lowest BCUT2D eigenvalue weighted by atomic mass is 9.82. The molecule has 9 rings (SSSR count). The van der Waals surface area contributed by atoms with Crippen LogP contribution in [0.5, 0.6) is 0 Å². The van der Waals surface area contributed by atoms with Gasteiger partial charge in [-0.05, 0) is 100 Å². The van der Waals surface area contributed by atoms with E-state index < -0.39 is 0 Å². The number of rotatable bonds is 5. The highest BCUT2D eigenvalue weighted by molar-refractivity contribution is 6.10. The molecule has 1 aliphatic rings. The Balaban J connectivity index is 1.27. The summed E-state index contributed by atoms with van der Waals surface area (Å²) in [5.74, 6) is 0. The second-order valence-electron chi connectivity index (χ2n) is 12.7. The van der Waals surface area contributed by atoms with Gasteiger partial charge in [-0.3, -0.25) is 0 Å². The van der Waals surface area contributed by atoms with E-state index in [1.165, 1.54) is 22.3 Å². The zero-order valence-electron chi connectivity index (χ0n) is 30.3. The number of nitrogens with zero attached hydrogens (tertiary/aromatic N) is 2. The third kappa shape index (κ3) is 4.33. The lowest BCUT2D eigenvalue weighted by Crippen LogP contribution is -2.16. The third-order valence-corrected chi connectivity index (χ3v) is 9.65. The summed E-state index contributed by atoms with van der Waals surface area (Å²) in [4.78, 5) is 1.92. The van der Waals surface area contributed by atoms with Gasteiger partial charge in [0.25, 0.3) is 0 Å². The van der Waals surface area contributed by atoms with E-state index in [9.17, 15) is 2.74 Å². The second-order valence-corrected chi connectivity index (χ2v) is 12.7. The summed E-state index contributed by atoms with van der Waals surface area (Å²) >= 11 is 0. The molecule has 1 heterocycles. The Hall–Kier alpha value is -5.86. The van der Waals surface area contributed by atoms with Gasteiger partial charge < -0.3 is 9.47 Å². The smallest absolute Gasteiger partial charge is 0.0651 e. The van der Waals surface area contributed by atoms with Crippen molar-refractivity contribution in [3.05, 3.63) is 181 Å². The van der Waals surface area contributed by atoms with Crippen molar-refractivity contribution in [1.82, 2.24) is 4.57 Å². The van der Waals surface area contributed by atoms with Gasteiger partial charge in [0.05, 0.1) is 16.5 Å². The normalized spacial score (nSPS) is 14.3. The molecule has 0 fully saturated rings. The number of fused-ring (bicyclic) bond motifs is 6. The largest absolute Gasteiger partial charge is 0.310 e. The Labute approximate surface area is 281 Å². The van der Waals surface area contributed by atoms with Crippen LogP contribution in [0.1, 0.15) is 30.5 Å². The van der Waals surface area contributed by atoms with Gasteiger partial charge in [0.2, 0.25) is 0 Å². The van der Waals surface area contributed by atoms with Crippen LogP contribution in [0.3, 0.4) is 0 Å². The van der Waals surface area contributed by atoms with E-state index in [-0.39, 0.29) is 35.3 Å². The molecule has 8 aromatic rings. The van der Waals surface area contributed by atoms with Crippen molar-refractivity contribution >= 4 is 38.9 Å². The molecule has 47 heavy (non-hydrogen) atoms. The van der Waals surface area contributed by atoms with E-state index in [0.29, 0.717) is 11.1 Å². The Morgan fingerprint density at radius 1 is 0.532 bits per heavy atom. The average Bonchev–Trinajstić information content (AvgIpc) is 3.61. The highest BCUT2D eigenvalue weighted by Crippen LogP contribution is 2.50. The molecule has 0 spiro atoms. The van der Waals surface area contributed by atoms with Gasteiger partial charge in [-0.1, -0.05) is 117 Å². The van der Waals surface area contributed by atoms with E-state index in [0.717, 1.165) is 38.9 Å². The minimum Gasteiger partial charge on any atom is -0.310 e. The van der Waals surface area contributed by atoms with Crippen LogP contribution in [-0.4, -0.2) is 4.57 Å². The zero-order valence-corrected chi connectivity index (χ0v) is 26.3. The lowest BCUT2D eigenvalue weighted by Gasteiger charge is -2.28. The molecule has 224 valence electrons. The van der Waals surface area contributed by atoms with Crippen molar-refractivity contribution < 1.29 is 5.48 Å². The summed E-state index contributed by atoms with van der Waals surface area (Å²) in [7, 11) is 0. The molecule has 1 aliphatic carbocycles. The monoisotopic (exact) mass is 606 g/mol. The van der Waals surface area contributed by atoms with Crippen LogP contribution in [0, 0.1) is 0 Å². The fourth-order valence-corrected chi connectivity index (χ4v) is 7.39. The summed E-state index contributed by atoms with van der Waals surface area (Å²) in [6.07, 6.45) is 0. The molecule has 7 aromatic carbocycles. The highest BCUT2D eigenvalue weighted by Gasteiger charge is 2.35. The van der Waals surface area contributed by atoms with Gasteiger partial charge in [-0.15, -0.1) is 0 Å². The van der Waals surface area contributed by atoms with Gasteiger partial charge >= 0.3 is 0 Å². The molecule has 0 unspecified atom stereocenters. The molecule has 0 bridgehead atoms. The Morgan fingerprint density at radius 3 is 2.09 bits per heavy atom. The first kappa shape index (κ1) is 23.5. The van der Waals surface area contributed by atoms with Crippen LogP contribution in [-0.2, 0) is 5.41 Å². The minimum absolute atomic E-state index is 0.0408. The standard InChI is InChI=1S/C45H34N2/c1-45(2)41-22-11-9-20-37(41)38-26-25-36(30-42(38)45)46(33-15-5-3-6-16-33)35-19-13-14-31(28-35)32-24-27-44-40(29-32)39-21-10-12-23-43(39)47(44)34-17-7-4-8-18-34/h3-30H,1-2H3/i13D,14D,19D,28D. The van der Waals surface area contributed by atoms with E-state index in [1.807, 2.05) is 89.8 Å². The SMILES string of the molecule is [2H]c1c([2H])c(-c2ccc3c(c2)c2ccccc2n3-c2ccccc2)c([2H])c(N(c2ccccc2)c2ccc3c(c2)C(C)(C)c2ccccc2-3)c1[2H]. The molecular weight excluding hydrogens is 569 g/mol. The molecule has 1 aromatic heterocycles. The van der Waals surface area contributed by atoms with Gasteiger partial charge in [0, 0.05) is 38.9 Å². The maximum Gasteiger partial charge on any atom is 0.0651 e. The van der Waals surface area contributed by atoms with Crippen LogP contribution < -0.4 is 4.90 Å². The first-order valence-electron chi connectivity index (χ1n) is 18.0. The Kier molecular flexibility index (Phi) is 5.30. The fraction of sp³-hybridized carbons (Fsp3) is 0.0667. The fourth-order valence-electron chi connectivity index (χ4n) is 7.39. The molecule has 0 N–H and O–H groups in total. The van der Waals surface area contributed by atoms with Crippen molar-refractivity contribution in [2.45, 2.75) is 19.3 Å². The first-order chi connectivity index (χ1) is 24.8. The lowest BCUT2D eigenvalue weighted by molar-refractivity contribution is 0.660. The zero-order chi connectivity index (χ0) is 35.0. The second kappa shape index (κ2) is 10.6. The quantitative estimate of drug-likeness (QED) is 0.189. The summed E-state index contributed by atoms with van der Waals surface area (Å²) in [6.45, 7) is 4.47. The van der Waals surface area contributed by atoms with Crippen LogP contribution >= 0.6 is 0 Å². The molecule has 0 aliphatic heterocycles. The number of benzene rings is 7. The van der Waals surface area contributed by atoms with E-state index in [4.69, 9.17) is 2.74 Å². The molecular formula is C45H34N2. The van der Waals surface area contributed by atoms with Crippen molar-refractivity contribution in [2.75, 3.05) is 4.90 Å². The molecule has 0 saturated carbocycles. The number of anilines is 3. The molecule has 0 amide bonds. The summed E-state index contributed by atoms with van der Waals surface area (Å²) in [6, 6.07) is 48.7. The molecule has 2 nitrogen and oxygen atoms in total. The third-order valence-electron chi connectivity index (χ3n) is 9.65. The van der Waals surface area contributed by atoms with Gasteiger partial charge in [-0.25, -0.2) is 0 Å². The predicted molar refractivity (Wildman–Crippen MR) is 198 cm³/mol. The topological polar surface area (TPSA) is 8.17 Å². The Bertz CT molecular complexity index is 2660. The minimum atomic E-state index is -0.247. The molecule has 2 heteroatoms. The number of aromatic nitrogens is 1. The summed E-state index contributed by atoms with van der Waals surface area (Å²) in [5.41, 5.74) is 10.6. The van der Waals surface area contributed by atoms with Crippen molar-refractivity contribution in [2.24, 2.45) is 0 Å². The first-order valence-corrected chi connectivity index (χ1v) is 16.0. The predicted octanol–water partition coefficient (Wildman–Crippen LogP) is 12.2. The van der Waals surface area contributed by atoms with E-state index in [2.05, 4.69) is 79.1 Å². The number of hydrogen-bond donors (Lipinski definition) is 0. The average molecular weight is 607 g/mol. The molecule has 0 radical (unpaired) electrons.